The average Bonchev–Trinajstić information content (AvgIpc) is 2.86. The molecule has 0 unspecified atom stereocenters. The number of carbonyl (C=O) groups is 1. The van der Waals surface area contributed by atoms with Crippen molar-refractivity contribution < 1.29 is 9.53 Å². The van der Waals surface area contributed by atoms with Gasteiger partial charge in [0.2, 0.25) is 0 Å². The summed E-state index contributed by atoms with van der Waals surface area (Å²) in [6, 6.07) is 29.2. The Morgan fingerprint density at radius 2 is 1.47 bits per heavy atom. The van der Waals surface area contributed by atoms with Gasteiger partial charge >= 0.3 is 0 Å². The molecule has 0 radical (unpaired) electrons. The van der Waals surface area contributed by atoms with Crippen LogP contribution in [0.1, 0.15) is 21.5 Å². The molecule has 0 saturated heterocycles. The van der Waals surface area contributed by atoms with E-state index >= 15 is 0 Å². The number of para-hydroxylation sites is 2. The van der Waals surface area contributed by atoms with Crippen LogP contribution in [0.5, 0.6) is 5.75 Å². The predicted octanol–water partition coefficient (Wildman–Crippen LogP) is 5.36. The Balaban J connectivity index is 1.56. The summed E-state index contributed by atoms with van der Waals surface area (Å²) in [5, 5.41) is 3.43. The second-order valence-electron chi connectivity index (χ2n) is 7.30. The molecule has 4 aromatic rings. The number of anilines is 2. The van der Waals surface area contributed by atoms with Crippen LogP contribution in [-0.4, -0.2) is 18.0 Å². The van der Waals surface area contributed by atoms with Crippen LogP contribution in [0.25, 0.3) is 0 Å². The van der Waals surface area contributed by atoms with Gasteiger partial charge in [0.1, 0.15) is 5.75 Å². The van der Waals surface area contributed by atoms with Gasteiger partial charge < -0.3 is 10.1 Å². The molecular weight excluding hydrogens is 398 g/mol. The molecule has 0 bridgehead atoms. The van der Waals surface area contributed by atoms with E-state index in [1.54, 1.807) is 24.4 Å². The lowest BCUT2D eigenvalue weighted by molar-refractivity contribution is 0.0998. The molecule has 5 heteroatoms. The van der Waals surface area contributed by atoms with Gasteiger partial charge in [-0.05, 0) is 53.6 Å². The Kier molecular flexibility index (Phi) is 6.90. The lowest BCUT2D eigenvalue weighted by Crippen LogP contribution is -2.28. The maximum atomic E-state index is 13.7. The monoisotopic (exact) mass is 423 g/mol. The van der Waals surface area contributed by atoms with Gasteiger partial charge in [0.05, 0.1) is 12.7 Å². The van der Waals surface area contributed by atoms with Crippen molar-refractivity contribution in [2.75, 3.05) is 12.0 Å². The minimum atomic E-state index is -0.114. The highest BCUT2D eigenvalue weighted by Gasteiger charge is 2.22. The van der Waals surface area contributed by atoms with Gasteiger partial charge in [-0.15, -0.1) is 0 Å². The van der Waals surface area contributed by atoms with Crippen LogP contribution in [0.4, 0.5) is 11.4 Å². The van der Waals surface area contributed by atoms with Crippen molar-refractivity contribution in [1.82, 2.24) is 10.3 Å². The van der Waals surface area contributed by atoms with Crippen LogP contribution in [0, 0.1) is 0 Å². The summed E-state index contributed by atoms with van der Waals surface area (Å²) in [4.78, 5) is 19.7. The highest BCUT2D eigenvalue weighted by Crippen LogP contribution is 2.28. The normalized spacial score (nSPS) is 10.5. The van der Waals surface area contributed by atoms with Crippen molar-refractivity contribution in [1.29, 1.82) is 0 Å². The minimum Gasteiger partial charge on any atom is -0.497 e. The zero-order valence-electron chi connectivity index (χ0n) is 17.9. The molecule has 4 rings (SSSR count). The number of aromatic nitrogens is 1. The lowest BCUT2D eigenvalue weighted by atomic mass is 10.1. The van der Waals surface area contributed by atoms with Crippen molar-refractivity contribution in [2.24, 2.45) is 0 Å². The van der Waals surface area contributed by atoms with Crippen molar-refractivity contribution in [3.63, 3.8) is 0 Å². The van der Waals surface area contributed by atoms with Gasteiger partial charge in [-0.25, -0.2) is 0 Å². The number of rotatable bonds is 8. The van der Waals surface area contributed by atoms with Gasteiger partial charge in [-0.2, -0.15) is 0 Å². The molecule has 0 aliphatic carbocycles. The first kappa shape index (κ1) is 21.3. The number of pyridine rings is 1. The molecule has 0 aliphatic heterocycles. The maximum Gasteiger partial charge on any atom is 0.264 e. The molecular formula is C27H25N3O2. The van der Waals surface area contributed by atoms with E-state index in [1.807, 2.05) is 91.0 Å². The number of nitrogens with zero attached hydrogens (tertiary/aromatic N) is 2. The first-order valence-corrected chi connectivity index (χ1v) is 10.5. The molecule has 1 N–H and O–H groups in total. The van der Waals surface area contributed by atoms with E-state index in [-0.39, 0.29) is 5.91 Å². The summed E-state index contributed by atoms with van der Waals surface area (Å²) in [7, 11) is 1.66. The molecule has 0 fully saturated rings. The van der Waals surface area contributed by atoms with Gasteiger partial charge in [0.15, 0.2) is 0 Å². The lowest BCUT2D eigenvalue weighted by Gasteiger charge is -2.24. The van der Waals surface area contributed by atoms with Gasteiger partial charge in [0, 0.05) is 36.9 Å². The van der Waals surface area contributed by atoms with Crippen LogP contribution in [0.3, 0.4) is 0 Å². The smallest absolute Gasteiger partial charge is 0.264 e. The summed E-state index contributed by atoms with van der Waals surface area (Å²) in [6.45, 7) is 1.23. The van der Waals surface area contributed by atoms with Crippen molar-refractivity contribution in [3.05, 3.63) is 120 Å². The Hall–Kier alpha value is -3.96. The Labute approximate surface area is 188 Å². The second kappa shape index (κ2) is 10.4. The first-order valence-electron chi connectivity index (χ1n) is 10.5. The summed E-state index contributed by atoms with van der Waals surface area (Å²) < 4.78 is 5.21. The number of hydrogen-bond donors (Lipinski definition) is 1. The second-order valence-corrected chi connectivity index (χ2v) is 7.30. The SMILES string of the molecule is COc1ccc(CNCc2ccncc2C(=O)N(c2ccccc2)c2ccccc2)cc1. The fourth-order valence-electron chi connectivity index (χ4n) is 3.51. The Bertz CT molecular complexity index is 1110. The zero-order valence-corrected chi connectivity index (χ0v) is 17.9. The molecule has 32 heavy (non-hydrogen) atoms. The summed E-state index contributed by atoms with van der Waals surface area (Å²) >= 11 is 0. The molecule has 3 aromatic carbocycles. The number of benzene rings is 3. The molecule has 1 heterocycles. The van der Waals surface area contributed by atoms with Crippen LogP contribution in [-0.2, 0) is 13.1 Å². The van der Waals surface area contributed by atoms with E-state index in [0.717, 1.165) is 28.3 Å². The molecule has 1 aromatic heterocycles. The highest BCUT2D eigenvalue weighted by atomic mass is 16.5. The average molecular weight is 424 g/mol. The Morgan fingerprint density at radius 3 is 2.06 bits per heavy atom. The highest BCUT2D eigenvalue weighted by molar-refractivity contribution is 6.11. The largest absolute Gasteiger partial charge is 0.497 e. The van der Waals surface area contributed by atoms with Gasteiger partial charge in [-0.3, -0.25) is 14.7 Å². The topological polar surface area (TPSA) is 54.5 Å². The van der Waals surface area contributed by atoms with Crippen LogP contribution in [0.15, 0.2) is 103 Å². The fraction of sp³-hybridized carbons (Fsp3) is 0.111. The van der Waals surface area contributed by atoms with Crippen molar-refractivity contribution in [3.8, 4) is 5.75 Å². The first-order chi connectivity index (χ1) is 15.8. The van der Waals surface area contributed by atoms with Gasteiger partial charge in [-0.1, -0.05) is 48.5 Å². The number of nitrogens with one attached hydrogen (secondary N) is 1. The third-order valence-corrected chi connectivity index (χ3v) is 5.18. The number of ether oxygens (including phenoxy) is 1. The third-order valence-electron chi connectivity index (χ3n) is 5.18. The van der Waals surface area contributed by atoms with E-state index in [0.29, 0.717) is 18.7 Å². The summed E-state index contributed by atoms with van der Waals surface area (Å²) in [5.74, 6) is 0.717. The van der Waals surface area contributed by atoms with E-state index in [1.165, 1.54) is 0 Å². The molecule has 0 aliphatic rings. The minimum absolute atomic E-state index is 0.114. The number of amides is 1. The molecule has 1 amide bonds. The van der Waals surface area contributed by atoms with Crippen molar-refractivity contribution >= 4 is 17.3 Å². The quantitative estimate of drug-likeness (QED) is 0.415. The molecule has 0 spiro atoms. The number of carbonyl (C=O) groups excluding carboxylic acids is 1. The van der Waals surface area contributed by atoms with E-state index < -0.39 is 0 Å². The van der Waals surface area contributed by atoms with Gasteiger partial charge in [0.25, 0.3) is 5.91 Å². The predicted molar refractivity (Wildman–Crippen MR) is 127 cm³/mol. The molecule has 5 nitrogen and oxygen atoms in total. The van der Waals surface area contributed by atoms with Crippen LogP contribution in [0.2, 0.25) is 0 Å². The number of methoxy groups -OCH3 is 1. The fourth-order valence-corrected chi connectivity index (χ4v) is 3.51. The van der Waals surface area contributed by atoms with E-state index in [2.05, 4.69) is 10.3 Å². The third kappa shape index (κ3) is 5.02. The van der Waals surface area contributed by atoms with E-state index in [4.69, 9.17) is 4.74 Å². The summed E-state index contributed by atoms with van der Waals surface area (Å²) in [5.41, 5.74) is 4.23. The molecule has 160 valence electrons. The number of hydrogen-bond acceptors (Lipinski definition) is 4. The van der Waals surface area contributed by atoms with Crippen LogP contribution < -0.4 is 15.0 Å². The summed E-state index contributed by atoms with van der Waals surface area (Å²) in [6.07, 6.45) is 3.36. The molecule has 0 saturated carbocycles. The maximum absolute atomic E-state index is 13.7. The van der Waals surface area contributed by atoms with E-state index in [9.17, 15) is 4.79 Å². The molecule has 0 atom stereocenters. The Morgan fingerprint density at radius 1 is 0.844 bits per heavy atom. The zero-order chi connectivity index (χ0) is 22.2. The van der Waals surface area contributed by atoms with Crippen LogP contribution >= 0.6 is 0 Å². The standard InChI is InChI=1S/C27H25N3O2/c1-32-25-14-12-21(13-15-25)18-29-19-22-16-17-28-20-26(22)27(31)30(23-8-4-2-5-9-23)24-10-6-3-7-11-24/h2-17,20,29H,18-19H2,1H3. The van der Waals surface area contributed by atoms with Crippen molar-refractivity contribution in [2.45, 2.75) is 13.1 Å².